The van der Waals surface area contributed by atoms with Gasteiger partial charge in [0.25, 0.3) is 0 Å². The molecule has 0 bridgehead atoms. The summed E-state index contributed by atoms with van der Waals surface area (Å²) in [6.45, 7) is 9.98. The first-order valence-corrected chi connectivity index (χ1v) is 13.6. The highest BCUT2D eigenvalue weighted by atomic mass is 16.2. The van der Waals surface area contributed by atoms with Gasteiger partial charge in [0, 0.05) is 51.4 Å². The maximum atomic E-state index is 13.5. The van der Waals surface area contributed by atoms with Gasteiger partial charge in [0.15, 0.2) is 0 Å². The van der Waals surface area contributed by atoms with Crippen LogP contribution in [0.3, 0.4) is 0 Å². The Hall–Kier alpha value is -2.79. The van der Waals surface area contributed by atoms with Crippen molar-refractivity contribution < 1.29 is 4.79 Å². The van der Waals surface area contributed by atoms with Crippen LogP contribution in [0, 0.1) is 5.41 Å². The molecule has 2 aromatic rings. The summed E-state index contributed by atoms with van der Waals surface area (Å²) < 4.78 is 0. The molecule has 4 aliphatic rings. The monoisotopic (exact) mass is 505 g/mol. The van der Waals surface area contributed by atoms with Gasteiger partial charge in [-0.15, -0.1) is 0 Å². The minimum Gasteiger partial charge on any atom is -0.365 e. The summed E-state index contributed by atoms with van der Waals surface area (Å²) in [5, 5.41) is 3.49. The summed E-state index contributed by atoms with van der Waals surface area (Å²) in [5.74, 6) is 0.929. The molecule has 0 saturated carbocycles. The average Bonchev–Trinajstić information content (AvgIpc) is 3.54. The topological polar surface area (TPSA) is 101 Å². The Morgan fingerprint density at radius 3 is 2.38 bits per heavy atom. The molecule has 1 aromatic carbocycles. The average molecular weight is 506 g/mol. The van der Waals surface area contributed by atoms with E-state index in [4.69, 9.17) is 0 Å². The Labute approximate surface area is 219 Å². The van der Waals surface area contributed by atoms with Gasteiger partial charge in [0.2, 0.25) is 11.9 Å². The van der Waals surface area contributed by atoms with Crippen LogP contribution in [0.2, 0.25) is 0 Å². The first-order chi connectivity index (χ1) is 17.9. The zero-order valence-corrected chi connectivity index (χ0v) is 21.9. The van der Waals surface area contributed by atoms with Gasteiger partial charge in [0.05, 0.1) is 29.5 Å². The smallest absolute Gasteiger partial charge is 0.229 e. The molecule has 1 aliphatic carbocycles. The number of amides is 1. The first-order valence-electron chi connectivity index (χ1n) is 13.6. The fourth-order valence-electron chi connectivity index (χ4n) is 6.33. The van der Waals surface area contributed by atoms with Gasteiger partial charge >= 0.3 is 0 Å². The molecule has 3 saturated heterocycles. The highest BCUT2D eigenvalue weighted by Crippen LogP contribution is 2.26. The first kappa shape index (κ1) is 24.5. The van der Waals surface area contributed by atoms with E-state index in [9.17, 15) is 4.79 Å². The van der Waals surface area contributed by atoms with Crippen molar-refractivity contribution in [1.82, 2.24) is 36.2 Å². The molecule has 37 heavy (non-hydrogen) atoms. The molecule has 2 atom stereocenters. The molecule has 198 valence electrons. The van der Waals surface area contributed by atoms with Crippen LogP contribution in [0.5, 0.6) is 0 Å². The van der Waals surface area contributed by atoms with Gasteiger partial charge in [-0.1, -0.05) is 24.3 Å². The summed E-state index contributed by atoms with van der Waals surface area (Å²) in [4.78, 5) is 29.4. The molecule has 10 nitrogen and oxygen atoms in total. The van der Waals surface area contributed by atoms with Crippen molar-refractivity contribution in [2.45, 2.75) is 51.2 Å². The Balaban J connectivity index is 0.983. The van der Waals surface area contributed by atoms with Gasteiger partial charge in [-0.25, -0.2) is 20.8 Å². The van der Waals surface area contributed by atoms with E-state index in [1.807, 2.05) is 17.3 Å². The normalized spacial score (nSPS) is 24.7. The zero-order valence-electron chi connectivity index (χ0n) is 21.9. The molecule has 3 aliphatic heterocycles. The van der Waals surface area contributed by atoms with Crippen molar-refractivity contribution in [1.29, 1.82) is 0 Å². The Morgan fingerprint density at radius 1 is 1.00 bits per heavy atom. The van der Waals surface area contributed by atoms with E-state index < -0.39 is 5.41 Å². The number of piperazine rings is 1. The minimum absolute atomic E-state index is 0.248. The van der Waals surface area contributed by atoms with Crippen molar-refractivity contribution >= 4 is 17.5 Å². The predicted molar refractivity (Wildman–Crippen MR) is 144 cm³/mol. The Morgan fingerprint density at radius 2 is 1.68 bits per heavy atom. The molecule has 6 rings (SSSR count). The third-order valence-electron chi connectivity index (χ3n) is 8.36. The molecule has 10 heteroatoms. The fourth-order valence-corrected chi connectivity index (χ4v) is 6.33. The number of benzene rings is 1. The van der Waals surface area contributed by atoms with E-state index in [0.717, 1.165) is 70.8 Å². The van der Waals surface area contributed by atoms with Crippen LogP contribution >= 0.6 is 0 Å². The van der Waals surface area contributed by atoms with Crippen LogP contribution in [0.25, 0.3) is 0 Å². The lowest BCUT2D eigenvalue weighted by Crippen LogP contribution is -2.57. The maximum Gasteiger partial charge on any atom is 0.229 e. The Bertz CT molecular complexity index is 1070. The standard InChI is InChI=1S/C27H39N9O/c1-27(2,18-34-8-7-23-24(17-34)32-33-31-23)25(37)36-11-9-35(10-12-36)22-15-28-26(29-16-22)30-21-13-19-5-3-4-6-20(19)14-21/h3-6,15-16,21,23-24,31-33H,7-14,17-18H2,1-2H3,(H,28,29,30). The molecule has 0 spiro atoms. The van der Waals surface area contributed by atoms with Crippen LogP contribution in [-0.2, 0) is 17.6 Å². The third kappa shape index (κ3) is 5.29. The number of aromatic nitrogens is 2. The second kappa shape index (κ2) is 10.2. The summed E-state index contributed by atoms with van der Waals surface area (Å²) in [7, 11) is 0. The minimum atomic E-state index is -0.412. The largest absolute Gasteiger partial charge is 0.365 e. The van der Waals surface area contributed by atoms with Gasteiger partial charge < -0.3 is 20.0 Å². The van der Waals surface area contributed by atoms with Gasteiger partial charge in [-0.05, 0) is 50.8 Å². The molecular weight excluding hydrogens is 466 g/mol. The summed E-state index contributed by atoms with van der Waals surface area (Å²) in [6, 6.07) is 9.82. The van der Waals surface area contributed by atoms with Gasteiger partial charge in [0.1, 0.15) is 0 Å². The van der Waals surface area contributed by atoms with Crippen molar-refractivity contribution in [3.8, 4) is 0 Å². The summed E-state index contributed by atoms with van der Waals surface area (Å²) in [6.07, 6.45) is 6.92. The highest BCUT2D eigenvalue weighted by molar-refractivity contribution is 5.82. The SMILES string of the molecule is CC(C)(CN1CCC2NNNC2C1)C(=O)N1CCN(c2cnc(NC3Cc4ccccc4C3)nc2)CC1. The van der Waals surface area contributed by atoms with Crippen molar-refractivity contribution in [2.24, 2.45) is 5.41 Å². The second-order valence-corrected chi connectivity index (χ2v) is 11.6. The highest BCUT2D eigenvalue weighted by Gasteiger charge is 2.39. The predicted octanol–water partition coefficient (Wildman–Crippen LogP) is 0.786. The van der Waals surface area contributed by atoms with E-state index in [1.165, 1.54) is 11.1 Å². The maximum absolute atomic E-state index is 13.5. The number of likely N-dealkylation sites (tertiary alicyclic amines) is 1. The Kier molecular flexibility index (Phi) is 6.74. The van der Waals surface area contributed by atoms with E-state index >= 15 is 0 Å². The van der Waals surface area contributed by atoms with Crippen molar-refractivity contribution in [3.63, 3.8) is 0 Å². The van der Waals surface area contributed by atoms with Gasteiger partial charge in [-0.2, -0.15) is 5.53 Å². The van der Waals surface area contributed by atoms with E-state index in [0.29, 0.717) is 24.1 Å². The van der Waals surface area contributed by atoms with E-state index in [-0.39, 0.29) is 5.91 Å². The van der Waals surface area contributed by atoms with Crippen molar-refractivity contribution in [3.05, 3.63) is 47.8 Å². The number of carbonyl (C=O) groups excluding carboxylic acids is 1. The number of nitrogens with one attached hydrogen (secondary N) is 4. The molecule has 4 heterocycles. The number of anilines is 2. The van der Waals surface area contributed by atoms with Crippen molar-refractivity contribution in [2.75, 3.05) is 56.0 Å². The second-order valence-electron chi connectivity index (χ2n) is 11.6. The number of nitrogens with zero attached hydrogens (tertiary/aromatic N) is 5. The molecule has 3 fully saturated rings. The van der Waals surface area contributed by atoms with Crippen LogP contribution in [0.15, 0.2) is 36.7 Å². The lowest BCUT2D eigenvalue weighted by molar-refractivity contribution is -0.142. The molecule has 1 aromatic heterocycles. The number of rotatable bonds is 6. The van der Waals surface area contributed by atoms with Crippen LogP contribution in [-0.4, -0.2) is 89.6 Å². The quantitative estimate of drug-likeness (QED) is 0.454. The van der Waals surface area contributed by atoms with E-state index in [2.05, 4.69) is 79.6 Å². The van der Waals surface area contributed by atoms with Crippen LogP contribution in [0.1, 0.15) is 31.4 Å². The molecule has 1 amide bonds. The number of hydrogen-bond donors (Lipinski definition) is 4. The van der Waals surface area contributed by atoms with Crippen LogP contribution < -0.4 is 26.6 Å². The fraction of sp³-hybridized carbons (Fsp3) is 0.593. The number of carbonyl (C=O) groups is 1. The lowest BCUT2D eigenvalue weighted by Gasteiger charge is -2.42. The van der Waals surface area contributed by atoms with Crippen LogP contribution in [0.4, 0.5) is 11.6 Å². The molecule has 0 radical (unpaired) electrons. The number of hydrazine groups is 2. The third-order valence-corrected chi connectivity index (χ3v) is 8.36. The lowest BCUT2D eigenvalue weighted by atomic mass is 9.88. The summed E-state index contributed by atoms with van der Waals surface area (Å²) in [5.41, 5.74) is 13.0. The molecule has 2 unspecified atom stereocenters. The number of piperidine rings is 1. The number of fused-ring (bicyclic) bond motifs is 2. The summed E-state index contributed by atoms with van der Waals surface area (Å²) >= 11 is 0. The van der Waals surface area contributed by atoms with E-state index in [1.54, 1.807) is 0 Å². The zero-order chi connectivity index (χ0) is 25.4. The molecular formula is C27H39N9O. The number of hydrogen-bond acceptors (Lipinski definition) is 9. The molecule has 4 N–H and O–H groups in total. The van der Waals surface area contributed by atoms with Gasteiger partial charge in [-0.3, -0.25) is 4.79 Å².